The van der Waals surface area contributed by atoms with Crippen molar-refractivity contribution < 1.29 is 22.9 Å². The molecule has 0 fully saturated rings. The standard InChI is InChI=1S/C22H21F3N6O3/c23-22(24,25)15-8-9-17(18(12-15)31(33)34)26-13-20(32)27-16-6-4-5-14(11-16)21-29-28-19-7-2-1-3-10-30(19)21/h4-6,8-9,11-12,26H,1-3,7,10,13H2,(H,27,32). The molecule has 178 valence electrons. The monoisotopic (exact) mass is 474 g/mol. The minimum atomic E-state index is -4.71. The van der Waals surface area contributed by atoms with Crippen molar-refractivity contribution in [2.75, 3.05) is 17.2 Å². The van der Waals surface area contributed by atoms with Crippen LogP contribution in [0.1, 0.15) is 30.7 Å². The van der Waals surface area contributed by atoms with Crippen molar-refractivity contribution in [1.29, 1.82) is 0 Å². The maximum atomic E-state index is 12.9. The van der Waals surface area contributed by atoms with Crippen LogP contribution in [-0.4, -0.2) is 32.1 Å². The minimum absolute atomic E-state index is 0.187. The van der Waals surface area contributed by atoms with Crippen molar-refractivity contribution >= 4 is 23.0 Å². The molecule has 0 saturated heterocycles. The number of nitro benzene ring substituents is 1. The van der Waals surface area contributed by atoms with E-state index in [2.05, 4.69) is 25.4 Å². The van der Waals surface area contributed by atoms with Gasteiger partial charge in [-0.05, 0) is 37.1 Å². The molecule has 2 aromatic carbocycles. The summed E-state index contributed by atoms with van der Waals surface area (Å²) in [6, 6.07) is 9.15. The zero-order valence-electron chi connectivity index (χ0n) is 17.9. The van der Waals surface area contributed by atoms with Gasteiger partial charge in [0.25, 0.3) is 5.69 Å². The fourth-order valence-corrected chi connectivity index (χ4v) is 3.82. The third-order valence-corrected chi connectivity index (χ3v) is 5.48. The minimum Gasteiger partial charge on any atom is -0.371 e. The number of carbonyl (C=O) groups excluding carboxylic acids is 1. The molecule has 0 atom stereocenters. The van der Waals surface area contributed by atoms with Gasteiger partial charge in [-0.15, -0.1) is 10.2 Å². The van der Waals surface area contributed by atoms with Gasteiger partial charge < -0.3 is 15.2 Å². The van der Waals surface area contributed by atoms with E-state index in [0.717, 1.165) is 55.7 Å². The molecule has 0 aliphatic carbocycles. The summed E-state index contributed by atoms with van der Waals surface area (Å²) in [4.78, 5) is 22.7. The second kappa shape index (κ2) is 9.49. The number of amides is 1. The molecule has 1 amide bonds. The van der Waals surface area contributed by atoms with E-state index in [9.17, 15) is 28.1 Å². The highest BCUT2D eigenvalue weighted by Gasteiger charge is 2.33. The molecule has 12 heteroatoms. The van der Waals surface area contributed by atoms with Crippen LogP contribution in [-0.2, 0) is 23.9 Å². The molecule has 2 N–H and O–H groups in total. The summed E-state index contributed by atoms with van der Waals surface area (Å²) in [6.07, 6.45) is -0.614. The lowest BCUT2D eigenvalue weighted by Gasteiger charge is -2.12. The average Bonchev–Trinajstić information content (AvgIpc) is 3.05. The maximum Gasteiger partial charge on any atom is 0.416 e. The summed E-state index contributed by atoms with van der Waals surface area (Å²) >= 11 is 0. The number of carbonyl (C=O) groups is 1. The Kier molecular flexibility index (Phi) is 6.48. The van der Waals surface area contributed by atoms with Crippen LogP contribution in [0.3, 0.4) is 0 Å². The van der Waals surface area contributed by atoms with Gasteiger partial charge in [0.05, 0.1) is 17.0 Å². The average molecular weight is 474 g/mol. The number of aryl methyl sites for hydroxylation is 1. The number of nitrogens with zero attached hydrogens (tertiary/aromatic N) is 4. The van der Waals surface area contributed by atoms with E-state index in [1.807, 2.05) is 6.07 Å². The number of halogens is 3. The Balaban J connectivity index is 1.45. The fraction of sp³-hybridized carbons (Fsp3) is 0.318. The number of nitrogens with one attached hydrogen (secondary N) is 2. The van der Waals surface area contributed by atoms with E-state index in [4.69, 9.17) is 0 Å². The molecule has 1 aliphatic heterocycles. The van der Waals surface area contributed by atoms with Crippen LogP contribution in [0.2, 0.25) is 0 Å². The highest BCUT2D eigenvalue weighted by atomic mass is 19.4. The van der Waals surface area contributed by atoms with Gasteiger partial charge in [-0.3, -0.25) is 14.9 Å². The second-order valence-electron chi connectivity index (χ2n) is 7.87. The van der Waals surface area contributed by atoms with Gasteiger partial charge in [-0.2, -0.15) is 13.2 Å². The van der Waals surface area contributed by atoms with Gasteiger partial charge in [0, 0.05) is 30.3 Å². The van der Waals surface area contributed by atoms with E-state index in [1.165, 1.54) is 0 Å². The molecule has 1 aromatic heterocycles. The summed E-state index contributed by atoms with van der Waals surface area (Å²) in [5, 5.41) is 25.0. The first-order chi connectivity index (χ1) is 16.2. The van der Waals surface area contributed by atoms with Crippen molar-refractivity contribution in [3.63, 3.8) is 0 Å². The number of anilines is 2. The van der Waals surface area contributed by atoms with Crippen LogP contribution in [0.25, 0.3) is 11.4 Å². The van der Waals surface area contributed by atoms with Crippen molar-refractivity contribution in [2.24, 2.45) is 0 Å². The lowest BCUT2D eigenvalue weighted by Crippen LogP contribution is -2.22. The van der Waals surface area contributed by atoms with Gasteiger partial charge in [0.1, 0.15) is 11.5 Å². The van der Waals surface area contributed by atoms with Crippen LogP contribution in [0, 0.1) is 10.1 Å². The summed E-state index contributed by atoms with van der Waals surface area (Å²) < 4.78 is 40.6. The van der Waals surface area contributed by atoms with Gasteiger partial charge in [0.2, 0.25) is 5.91 Å². The van der Waals surface area contributed by atoms with Crippen LogP contribution in [0.4, 0.5) is 30.2 Å². The van der Waals surface area contributed by atoms with Gasteiger partial charge in [-0.25, -0.2) is 0 Å². The smallest absolute Gasteiger partial charge is 0.371 e. The van der Waals surface area contributed by atoms with Gasteiger partial charge in [-0.1, -0.05) is 18.6 Å². The first kappa shape index (κ1) is 23.2. The van der Waals surface area contributed by atoms with Gasteiger partial charge >= 0.3 is 6.18 Å². The van der Waals surface area contributed by atoms with E-state index in [-0.39, 0.29) is 12.2 Å². The highest BCUT2D eigenvalue weighted by molar-refractivity contribution is 5.94. The van der Waals surface area contributed by atoms with Crippen LogP contribution in [0.15, 0.2) is 42.5 Å². The number of alkyl halides is 3. The van der Waals surface area contributed by atoms with E-state index in [1.54, 1.807) is 18.2 Å². The second-order valence-corrected chi connectivity index (χ2v) is 7.87. The van der Waals surface area contributed by atoms with Gasteiger partial charge in [0.15, 0.2) is 5.82 Å². The predicted molar refractivity (Wildman–Crippen MR) is 118 cm³/mol. The third kappa shape index (κ3) is 5.16. The topological polar surface area (TPSA) is 115 Å². The molecular weight excluding hydrogens is 453 g/mol. The molecule has 2 heterocycles. The summed E-state index contributed by atoms with van der Waals surface area (Å²) in [5.74, 6) is 1.13. The Morgan fingerprint density at radius 3 is 2.71 bits per heavy atom. The van der Waals surface area contributed by atoms with Crippen molar-refractivity contribution in [2.45, 2.75) is 38.4 Å². The predicted octanol–water partition coefficient (Wildman–Crippen LogP) is 4.65. The maximum absolute atomic E-state index is 12.9. The number of rotatable bonds is 6. The number of aromatic nitrogens is 3. The Morgan fingerprint density at radius 2 is 1.94 bits per heavy atom. The van der Waals surface area contributed by atoms with Crippen LogP contribution < -0.4 is 10.6 Å². The SMILES string of the molecule is O=C(CNc1ccc(C(F)(F)F)cc1[N+](=O)[O-])Nc1cccc(-c2nnc3n2CCCCC3)c1. The number of fused-ring (bicyclic) bond motifs is 1. The summed E-state index contributed by atoms with van der Waals surface area (Å²) in [5.41, 5.74) is -0.829. The lowest BCUT2D eigenvalue weighted by atomic mass is 10.1. The largest absolute Gasteiger partial charge is 0.416 e. The molecule has 0 radical (unpaired) electrons. The van der Waals surface area contributed by atoms with Crippen LogP contribution >= 0.6 is 0 Å². The normalized spacial score (nSPS) is 13.6. The van der Waals surface area contributed by atoms with Crippen molar-refractivity contribution in [3.8, 4) is 11.4 Å². The molecule has 34 heavy (non-hydrogen) atoms. The third-order valence-electron chi connectivity index (χ3n) is 5.48. The number of hydrogen-bond donors (Lipinski definition) is 2. The number of benzene rings is 2. The zero-order chi connectivity index (χ0) is 24.3. The number of nitro groups is 1. The molecule has 0 spiro atoms. The summed E-state index contributed by atoms with van der Waals surface area (Å²) in [7, 11) is 0. The molecule has 3 aromatic rings. The molecule has 1 aliphatic rings. The zero-order valence-corrected chi connectivity index (χ0v) is 17.9. The van der Waals surface area contributed by atoms with E-state index in [0.29, 0.717) is 17.6 Å². The molecule has 0 bridgehead atoms. The number of hydrogen-bond acceptors (Lipinski definition) is 6. The molecule has 0 saturated carbocycles. The molecule has 9 nitrogen and oxygen atoms in total. The van der Waals surface area contributed by atoms with E-state index < -0.39 is 28.3 Å². The molecular formula is C22H21F3N6O3. The molecule has 4 rings (SSSR count). The Labute approximate surface area is 192 Å². The summed E-state index contributed by atoms with van der Waals surface area (Å²) in [6.45, 7) is 0.445. The highest BCUT2D eigenvalue weighted by Crippen LogP contribution is 2.35. The molecule has 0 unspecified atom stereocenters. The van der Waals surface area contributed by atoms with Crippen LogP contribution in [0.5, 0.6) is 0 Å². The lowest BCUT2D eigenvalue weighted by molar-refractivity contribution is -0.384. The van der Waals surface area contributed by atoms with Crippen molar-refractivity contribution in [1.82, 2.24) is 14.8 Å². The first-order valence-corrected chi connectivity index (χ1v) is 10.6. The van der Waals surface area contributed by atoms with E-state index >= 15 is 0 Å². The first-order valence-electron chi connectivity index (χ1n) is 10.6. The Morgan fingerprint density at radius 1 is 1.12 bits per heavy atom. The quantitative estimate of drug-likeness (QED) is 0.397. The fourth-order valence-electron chi connectivity index (χ4n) is 3.82. The Hall–Kier alpha value is -3.96. The Bertz CT molecular complexity index is 1220. The van der Waals surface area contributed by atoms with Crippen molar-refractivity contribution in [3.05, 3.63) is 64.0 Å².